The summed E-state index contributed by atoms with van der Waals surface area (Å²) in [6.45, 7) is 2.68. The number of carbonyl (C=O) groups excluding carboxylic acids is 1. The van der Waals surface area contributed by atoms with Crippen molar-refractivity contribution < 1.29 is 13.2 Å². The molecule has 2 aromatic carbocycles. The van der Waals surface area contributed by atoms with Gasteiger partial charge in [-0.25, -0.2) is 18.1 Å². The first-order chi connectivity index (χ1) is 16.9. The first kappa shape index (κ1) is 23.7. The van der Waals surface area contributed by atoms with E-state index in [0.29, 0.717) is 30.8 Å². The molecule has 184 valence electrons. The van der Waals surface area contributed by atoms with Gasteiger partial charge in [0.05, 0.1) is 16.6 Å². The van der Waals surface area contributed by atoms with Crippen LogP contribution in [-0.2, 0) is 27.7 Å². The van der Waals surface area contributed by atoms with Gasteiger partial charge in [0.1, 0.15) is 12.7 Å². The lowest BCUT2D eigenvalue weighted by Crippen LogP contribution is -2.43. The lowest BCUT2D eigenvalue weighted by Gasteiger charge is -2.31. The summed E-state index contributed by atoms with van der Waals surface area (Å²) in [5.74, 6) is -0.217. The third kappa shape index (κ3) is 5.01. The van der Waals surface area contributed by atoms with Crippen LogP contribution < -0.4 is 5.32 Å². The summed E-state index contributed by atoms with van der Waals surface area (Å²) < 4.78 is 29.7. The van der Waals surface area contributed by atoms with Gasteiger partial charge in [0.2, 0.25) is 15.9 Å². The van der Waals surface area contributed by atoms with Crippen LogP contribution in [0.4, 0.5) is 0 Å². The topological polar surface area (TPSA) is 97.2 Å². The molecule has 0 unspecified atom stereocenters. The van der Waals surface area contributed by atoms with E-state index in [1.54, 1.807) is 17.1 Å². The molecule has 1 amide bonds. The highest BCUT2D eigenvalue weighted by Crippen LogP contribution is 2.28. The zero-order chi connectivity index (χ0) is 24.4. The molecule has 35 heavy (non-hydrogen) atoms. The van der Waals surface area contributed by atoms with Gasteiger partial charge in [0.25, 0.3) is 0 Å². The molecular formula is C26H31N5O3S. The number of nitrogens with zero attached hydrogens (tertiary/aromatic N) is 4. The molecule has 0 bridgehead atoms. The number of sulfonamides is 1. The van der Waals surface area contributed by atoms with E-state index < -0.39 is 10.0 Å². The Bertz CT molecular complexity index is 1280. The van der Waals surface area contributed by atoms with Crippen LogP contribution in [0.25, 0.3) is 5.69 Å². The number of nitrogens with one attached hydrogen (secondary N) is 1. The second kappa shape index (κ2) is 9.91. The summed E-state index contributed by atoms with van der Waals surface area (Å²) in [5.41, 5.74) is 4.33. The maximum atomic E-state index is 13.2. The molecule has 9 heteroatoms. The summed E-state index contributed by atoms with van der Waals surface area (Å²) in [7, 11) is -3.54. The molecule has 5 rings (SSSR count). The van der Waals surface area contributed by atoms with Gasteiger partial charge in [-0.1, -0.05) is 18.2 Å². The largest absolute Gasteiger partial charge is 0.349 e. The average Bonchev–Trinajstić information content (AvgIpc) is 3.43. The minimum absolute atomic E-state index is 0.0244. The molecule has 1 saturated heterocycles. The van der Waals surface area contributed by atoms with Crippen LogP contribution in [-0.4, -0.2) is 46.5 Å². The maximum Gasteiger partial charge on any atom is 0.243 e. The maximum absolute atomic E-state index is 13.2. The first-order valence-corrected chi connectivity index (χ1v) is 13.7. The fraction of sp³-hybridized carbons (Fsp3) is 0.423. The van der Waals surface area contributed by atoms with Gasteiger partial charge in [0.15, 0.2) is 0 Å². The molecule has 1 aliphatic heterocycles. The van der Waals surface area contributed by atoms with E-state index in [0.717, 1.165) is 36.1 Å². The van der Waals surface area contributed by atoms with Crippen molar-refractivity contribution in [1.29, 1.82) is 0 Å². The number of fused-ring (bicyclic) bond motifs is 1. The number of carbonyl (C=O) groups is 1. The Morgan fingerprint density at radius 2 is 1.74 bits per heavy atom. The van der Waals surface area contributed by atoms with Crippen molar-refractivity contribution in [3.63, 3.8) is 0 Å². The van der Waals surface area contributed by atoms with Crippen LogP contribution in [0.5, 0.6) is 0 Å². The van der Waals surface area contributed by atoms with Crippen molar-refractivity contribution in [3.05, 3.63) is 71.8 Å². The normalized spacial score (nSPS) is 18.1. The second-order valence-electron chi connectivity index (χ2n) is 9.48. The predicted octanol–water partition coefficient (Wildman–Crippen LogP) is 3.42. The third-order valence-corrected chi connectivity index (χ3v) is 9.11. The van der Waals surface area contributed by atoms with E-state index in [9.17, 15) is 13.2 Å². The van der Waals surface area contributed by atoms with Gasteiger partial charge < -0.3 is 5.32 Å². The Morgan fingerprint density at radius 3 is 2.43 bits per heavy atom. The summed E-state index contributed by atoms with van der Waals surface area (Å²) in [5, 5.41) is 7.22. The van der Waals surface area contributed by atoms with Crippen molar-refractivity contribution in [2.45, 2.75) is 56.4 Å². The lowest BCUT2D eigenvalue weighted by atomic mass is 9.92. The number of hydrogen-bond donors (Lipinski definition) is 1. The highest BCUT2D eigenvalue weighted by Gasteiger charge is 2.33. The molecule has 0 saturated carbocycles. The molecule has 2 heterocycles. The molecule has 1 aromatic heterocycles. The number of benzene rings is 2. The zero-order valence-electron chi connectivity index (χ0n) is 19.9. The highest BCUT2D eigenvalue weighted by molar-refractivity contribution is 7.89. The summed E-state index contributed by atoms with van der Waals surface area (Å²) in [4.78, 5) is 17.3. The quantitative estimate of drug-likeness (QED) is 0.568. The molecule has 0 spiro atoms. The van der Waals surface area contributed by atoms with Crippen molar-refractivity contribution in [3.8, 4) is 5.69 Å². The van der Waals surface area contributed by atoms with E-state index in [4.69, 9.17) is 0 Å². The van der Waals surface area contributed by atoms with Gasteiger partial charge in [-0.2, -0.15) is 9.40 Å². The molecule has 8 nitrogen and oxygen atoms in total. The van der Waals surface area contributed by atoms with Crippen LogP contribution in [0.2, 0.25) is 0 Å². The molecule has 1 aliphatic carbocycles. The minimum atomic E-state index is -3.54. The molecule has 1 fully saturated rings. The first-order valence-electron chi connectivity index (χ1n) is 12.3. The van der Waals surface area contributed by atoms with E-state index >= 15 is 0 Å². The van der Waals surface area contributed by atoms with Gasteiger partial charge in [-0.05, 0) is 86.4 Å². The van der Waals surface area contributed by atoms with Crippen molar-refractivity contribution in [2.75, 3.05) is 13.1 Å². The second-order valence-corrected chi connectivity index (χ2v) is 11.4. The lowest BCUT2D eigenvalue weighted by molar-refractivity contribution is -0.126. The van der Waals surface area contributed by atoms with Crippen LogP contribution in [0.3, 0.4) is 0 Å². The number of aromatic nitrogens is 3. The Hall–Kier alpha value is -3.04. The van der Waals surface area contributed by atoms with Gasteiger partial charge in [0, 0.05) is 19.0 Å². The molecule has 1 atom stereocenters. The van der Waals surface area contributed by atoms with Crippen LogP contribution in [0.15, 0.2) is 60.0 Å². The fourth-order valence-corrected chi connectivity index (χ4v) is 6.57. The highest BCUT2D eigenvalue weighted by atomic mass is 32.2. The minimum Gasteiger partial charge on any atom is -0.349 e. The number of hydrogen-bond acceptors (Lipinski definition) is 5. The Kier molecular flexibility index (Phi) is 6.71. The number of amides is 1. The van der Waals surface area contributed by atoms with Gasteiger partial charge >= 0.3 is 0 Å². The standard InChI is InChI=1S/C26H31N5O3S/c1-19(20-6-9-24(10-7-20)31-18-27-17-28-31)29-26(32)22-12-14-30(15-13-22)35(33,34)25-11-8-21-4-2-3-5-23(21)16-25/h6-11,16-19,22H,2-5,12-15H2,1H3,(H,29,32)/t19-/m0/s1. The molecule has 2 aliphatic rings. The van der Waals surface area contributed by atoms with Crippen LogP contribution in [0.1, 0.15) is 55.3 Å². The Balaban J connectivity index is 1.17. The van der Waals surface area contributed by atoms with E-state index in [-0.39, 0.29) is 17.9 Å². The van der Waals surface area contributed by atoms with E-state index in [2.05, 4.69) is 15.4 Å². The van der Waals surface area contributed by atoms with Crippen molar-refractivity contribution >= 4 is 15.9 Å². The zero-order valence-corrected chi connectivity index (χ0v) is 20.7. The van der Waals surface area contributed by atoms with Crippen LogP contribution in [0, 0.1) is 5.92 Å². The van der Waals surface area contributed by atoms with Crippen molar-refractivity contribution in [2.24, 2.45) is 5.92 Å². The fourth-order valence-electron chi connectivity index (χ4n) is 5.05. The molecular weight excluding hydrogens is 462 g/mol. The van der Waals surface area contributed by atoms with Gasteiger partial charge in [-0.15, -0.1) is 0 Å². The van der Waals surface area contributed by atoms with Gasteiger partial charge in [-0.3, -0.25) is 4.79 Å². The molecule has 3 aromatic rings. The van der Waals surface area contributed by atoms with E-state index in [1.807, 2.05) is 43.3 Å². The monoisotopic (exact) mass is 493 g/mol. The van der Waals surface area contributed by atoms with Crippen LogP contribution >= 0.6 is 0 Å². The molecule has 0 radical (unpaired) electrons. The molecule has 1 N–H and O–H groups in total. The SMILES string of the molecule is C[C@H](NC(=O)C1CCN(S(=O)(=O)c2ccc3c(c2)CCCC3)CC1)c1ccc(-n2cncn2)cc1. The number of piperidine rings is 1. The average molecular weight is 494 g/mol. The number of rotatable bonds is 6. The summed E-state index contributed by atoms with van der Waals surface area (Å²) in [6, 6.07) is 13.2. The van der Waals surface area contributed by atoms with E-state index in [1.165, 1.54) is 22.6 Å². The third-order valence-electron chi connectivity index (χ3n) is 7.22. The predicted molar refractivity (Wildman–Crippen MR) is 132 cm³/mol. The Morgan fingerprint density at radius 1 is 1.03 bits per heavy atom. The smallest absolute Gasteiger partial charge is 0.243 e. The Labute approximate surface area is 206 Å². The number of aryl methyl sites for hydroxylation is 2. The summed E-state index contributed by atoms with van der Waals surface area (Å²) in [6.07, 6.45) is 8.42. The van der Waals surface area contributed by atoms with Crippen molar-refractivity contribution in [1.82, 2.24) is 24.4 Å². The summed E-state index contributed by atoms with van der Waals surface area (Å²) >= 11 is 0.